The lowest BCUT2D eigenvalue weighted by Gasteiger charge is -2.21. The average Bonchev–Trinajstić information content (AvgIpc) is 2.76. The number of hydrogen-bond acceptors (Lipinski definition) is 3. The van der Waals surface area contributed by atoms with Crippen molar-refractivity contribution < 1.29 is 14.4 Å². The van der Waals surface area contributed by atoms with Crippen LogP contribution in [0.2, 0.25) is 0 Å². The molecule has 5 nitrogen and oxygen atoms in total. The number of nitrogens with one attached hydrogen (secondary N) is 1. The fourth-order valence-corrected chi connectivity index (χ4v) is 1.84. The minimum atomic E-state index is -0.807. The van der Waals surface area contributed by atoms with E-state index >= 15 is 0 Å². The molecule has 98 valence electrons. The summed E-state index contributed by atoms with van der Waals surface area (Å²) < 4.78 is 0. The third kappa shape index (κ3) is 2.88. The van der Waals surface area contributed by atoms with Crippen LogP contribution in [0.1, 0.15) is 12.5 Å². The SMILES string of the molecule is C[C@@H](C(=O)NCc1ccccc1)N1C(=O)C=CC1=O. The number of carbonyl (C=O) groups excluding carboxylic acids is 3. The summed E-state index contributed by atoms with van der Waals surface area (Å²) in [4.78, 5) is 35.7. The minimum absolute atomic E-state index is 0.353. The number of carbonyl (C=O) groups is 3. The Kier molecular flexibility index (Phi) is 3.75. The van der Waals surface area contributed by atoms with E-state index in [2.05, 4.69) is 5.32 Å². The van der Waals surface area contributed by atoms with Crippen LogP contribution in [0.3, 0.4) is 0 Å². The lowest BCUT2D eigenvalue weighted by atomic mass is 10.2. The van der Waals surface area contributed by atoms with Gasteiger partial charge in [-0.1, -0.05) is 30.3 Å². The molecule has 0 aliphatic carbocycles. The predicted molar refractivity (Wildman–Crippen MR) is 68.7 cm³/mol. The van der Waals surface area contributed by atoms with Gasteiger partial charge >= 0.3 is 0 Å². The van der Waals surface area contributed by atoms with Crippen LogP contribution in [0.5, 0.6) is 0 Å². The number of amides is 3. The standard InChI is InChI=1S/C14H14N2O3/c1-10(16-12(17)7-8-13(16)18)14(19)15-9-11-5-3-2-4-6-11/h2-8,10H,9H2,1H3,(H,15,19)/t10-/m0/s1. The van der Waals surface area contributed by atoms with E-state index in [-0.39, 0.29) is 5.91 Å². The molecule has 1 atom stereocenters. The van der Waals surface area contributed by atoms with Crippen LogP contribution in [0, 0.1) is 0 Å². The van der Waals surface area contributed by atoms with Gasteiger partial charge in [0.05, 0.1) is 0 Å². The van der Waals surface area contributed by atoms with E-state index in [4.69, 9.17) is 0 Å². The van der Waals surface area contributed by atoms with Crippen LogP contribution in [0.25, 0.3) is 0 Å². The zero-order valence-electron chi connectivity index (χ0n) is 10.5. The van der Waals surface area contributed by atoms with Crippen LogP contribution in [0.15, 0.2) is 42.5 Å². The fraction of sp³-hybridized carbons (Fsp3) is 0.214. The van der Waals surface area contributed by atoms with Gasteiger partial charge in [-0.3, -0.25) is 19.3 Å². The zero-order chi connectivity index (χ0) is 13.8. The van der Waals surface area contributed by atoms with Crippen molar-refractivity contribution in [3.05, 3.63) is 48.0 Å². The maximum Gasteiger partial charge on any atom is 0.254 e. The number of rotatable bonds is 4. The highest BCUT2D eigenvalue weighted by atomic mass is 16.2. The third-order valence-electron chi connectivity index (χ3n) is 2.92. The largest absolute Gasteiger partial charge is 0.350 e. The van der Waals surface area contributed by atoms with E-state index in [0.29, 0.717) is 6.54 Å². The van der Waals surface area contributed by atoms with E-state index in [1.54, 1.807) is 0 Å². The molecule has 5 heteroatoms. The maximum absolute atomic E-state index is 11.9. The quantitative estimate of drug-likeness (QED) is 0.805. The molecular formula is C14H14N2O3. The van der Waals surface area contributed by atoms with Crippen LogP contribution in [-0.4, -0.2) is 28.7 Å². The first kappa shape index (κ1) is 13.0. The van der Waals surface area contributed by atoms with Crippen molar-refractivity contribution in [2.24, 2.45) is 0 Å². The maximum atomic E-state index is 11.9. The van der Waals surface area contributed by atoms with Crippen molar-refractivity contribution in [2.45, 2.75) is 19.5 Å². The van der Waals surface area contributed by atoms with Crippen molar-refractivity contribution in [3.63, 3.8) is 0 Å². The Balaban J connectivity index is 1.93. The van der Waals surface area contributed by atoms with E-state index in [0.717, 1.165) is 10.5 Å². The molecule has 0 saturated carbocycles. The van der Waals surface area contributed by atoms with Gasteiger partial charge in [-0.25, -0.2) is 0 Å². The van der Waals surface area contributed by atoms with Gasteiger partial charge in [0, 0.05) is 18.7 Å². The topological polar surface area (TPSA) is 66.5 Å². The van der Waals surface area contributed by atoms with E-state index in [9.17, 15) is 14.4 Å². The van der Waals surface area contributed by atoms with Crippen LogP contribution in [0.4, 0.5) is 0 Å². The molecule has 1 aromatic rings. The highest BCUT2D eigenvalue weighted by molar-refractivity contribution is 6.15. The molecule has 0 bridgehead atoms. The molecule has 1 aliphatic rings. The molecule has 1 aliphatic heterocycles. The Hall–Kier alpha value is -2.43. The molecule has 0 unspecified atom stereocenters. The van der Waals surface area contributed by atoms with Crippen molar-refractivity contribution >= 4 is 17.7 Å². The molecule has 1 N–H and O–H groups in total. The van der Waals surface area contributed by atoms with Gasteiger partial charge in [-0.15, -0.1) is 0 Å². The van der Waals surface area contributed by atoms with Crippen LogP contribution in [-0.2, 0) is 20.9 Å². The lowest BCUT2D eigenvalue weighted by Crippen LogP contribution is -2.47. The van der Waals surface area contributed by atoms with Crippen molar-refractivity contribution in [1.82, 2.24) is 10.2 Å². The van der Waals surface area contributed by atoms with Gasteiger partial charge in [-0.2, -0.15) is 0 Å². The molecule has 3 amide bonds. The smallest absolute Gasteiger partial charge is 0.254 e. The summed E-state index contributed by atoms with van der Waals surface area (Å²) >= 11 is 0. The normalized spacial score (nSPS) is 15.7. The molecule has 0 fully saturated rings. The Labute approximate surface area is 110 Å². The molecule has 0 aromatic heterocycles. The third-order valence-corrected chi connectivity index (χ3v) is 2.92. The molecule has 19 heavy (non-hydrogen) atoms. The molecule has 2 rings (SSSR count). The van der Waals surface area contributed by atoms with Crippen molar-refractivity contribution in [3.8, 4) is 0 Å². The van der Waals surface area contributed by atoms with Gasteiger partial charge < -0.3 is 5.32 Å². The number of imide groups is 1. The summed E-state index contributed by atoms with van der Waals surface area (Å²) in [5.74, 6) is -1.26. The first-order valence-corrected chi connectivity index (χ1v) is 5.96. The van der Waals surface area contributed by atoms with Gasteiger partial charge in [0.15, 0.2) is 0 Å². The summed E-state index contributed by atoms with van der Waals surface area (Å²) in [7, 11) is 0. The number of benzene rings is 1. The molecule has 0 saturated heterocycles. The Morgan fingerprint density at radius 3 is 2.32 bits per heavy atom. The van der Waals surface area contributed by atoms with E-state index < -0.39 is 17.9 Å². The highest BCUT2D eigenvalue weighted by Gasteiger charge is 2.32. The monoisotopic (exact) mass is 258 g/mol. The molecule has 0 spiro atoms. The minimum Gasteiger partial charge on any atom is -0.350 e. The number of hydrogen-bond donors (Lipinski definition) is 1. The van der Waals surface area contributed by atoms with Crippen molar-refractivity contribution in [2.75, 3.05) is 0 Å². The average molecular weight is 258 g/mol. The van der Waals surface area contributed by atoms with E-state index in [1.165, 1.54) is 19.1 Å². The Bertz CT molecular complexity index is 519. The summed E-state index contributed by atoms with van der Waals surface area (Å²) in [5, 5.41) is 2.70. The van der Waals surface area contributed by atoms with Gasteiger partial charge in [0.1, 0.15) is 6.04 Å². The second-order valence-electron chi connectivity index (χ2n) is 4.26. The summed E-state index contributed by atoms with van der Waals surface area (Å²) in [6, 6.07) is 8.61. The van der Waals surface area contributed by atoms with Crippen LogP contribution < -0.4 is 5.32 Å². The lowest BCUT2D eigenvalue weighted by molar-refractivity contribution is -0.144. The van der Waals surface area contributed by atoms with Gasteiger partial charge in [0.25, 0.3) is 11.8 Å². The Morgan fingerprint density at radius 2 is 1.74 bits per heavy atom. The number of nitrogens with zero attached hydrogens (tertiary/aromatic N) is 1. The van der Waals surface area contributed by atoms with Gasteiger partial charge in [0.2, 0.25) is 5.91 Å². The summed E-state index contributed by atoms with van der Waals surface area (Å²) in [6.07, 6.45) is 2.34. The highest BCUT2D eigenvalue weighted by Crippen LogP contribution is 2.09. The summed E-state index contributed by atoms with van der Waals surface area (Å²) in [5.41, 5.74) is 0.959. The van der Waals surface area contributed by atoms with Crippen molar-refractivity contribution in [1.29, 1.82) is 0 Å². The second kappa shape index (κ2) is 5.48. The molecular weight excluding hydrogens is 244 g/mol. The Morgan fingerprint density at radius 1 is 1.16 bits per heavy atom. The first-order chi connectivity index (χ1) is 9.09. The van der Waals surface area contributed by atoms with Gasteiger partial charge in [-0.05, 0) is 12.5 Å². The van der Waals surface area contributed by atoms with E-state index in [1.807, 2.05) is 30.3 Å². The molecule has 1 aromatic carbocycles. The molecule has 0 radical (unpaired) electrons. The van der Waals surface area contributed by atoms with Crippen LogP contribution >= 0.6 is 0 Å². The zero-order valence-corrected chi connectivity index (χ0v) is 10.5. The summed E-state index contributed by atoms with van der Waals surface area (Å²) in [6.45, 7) is 1.90. The predicted octanol–water partition coefficient (Wildman–Crippen LogP) is 0.616. The first-order valence-electron chi connectivity index (χ1n) is 5.96. The second-order valence-corrected chi connectivity index (χ2v) is 4.26. The molecule has 1 heterocycles. The fourth-order valence-electron chi connectivity index (χ4n) is 1.84.